The smallest absolute Gasteiger partial charge is 0.266 e. The number of hydrogen-bond acceptors (Lipinski definition) is 4. The van der Waals surface area contributed by atoms with E-state index in [1.807, 2.05) is 24.3 Å². The molecule has 0 saturated carbocycles. The third kappa shape index (κ3) is 4.07. The van der Waals surface area contributed by atoms with Gasteiger partial charge in [-0.25, -0.2) is 0 Å². The summed E-state index contributed by atoms with van der Waals surface area (Å²) in [5, 5.41) is 0.382. The molecule has 126 valence electrons. The van der Waals surface area contributed by atoms with Crippen molar-refractivity contribution in [1.29, 1.82) is 0 Å². The van der Waals surface area contributed by atoms with Crippen LogP contribution in [-0.4, -0.2) is 17.9 Å². The summed E-state index contributed by atoms with van der Waals surface area (Å²) < 4.78 is 6.11. The third-order valence-corrected chi connectivity index (χ3v) is 4.79. The summed E-state index contributed by atoms with van der Waals surface area (Å²) in [4.78, 5) is 27.1. The molecule has 1 heterocycles. The maximum absolute atomic E-state index is 12.3. The van der Waals surface area contributed by atoms with Gasteiger partial charge >= 0.3 is 0 Å². The average Bonchev–Trinajstić information content (AvgIpc) is 2.95. The second-order valence-corrected chi connectivity index (χ2v) is 6.68. The van der Waals surface area contributed by atoms with Crippen LogP contribution in [0.3, 0.4) is 0 Å². The maximum Gasteiger partial charge on any atom is 0.266 e. The van der Waals surface area contributed by atoms with E-state index in [2.05, 4.69) is 4.98 Å². The van der Waals surface area contributed by atoms with Crippen LogP contribution in [0, 0.1) is 0 Å². The molecule has 0 aliphatic heterocycles. The number of benzene rings is 2. The first-order chi connectivity index (χ1) is 12.1. The molecule has 0 unspecified atom stereocenters. The van der Waals surface area contributed by atoms with Gasteiger partial charge in [0.15, 0.2) is 5.78 Å². The highest BCUT2D eigenvalue weighted by atomic mass is 35.5. The van der Waals surface area contributed by atoms with Crippen molar-refractivity contribution in [3.8, 4) is 5.75 Å². The highest BCUT2D eigenvalue weighted by molar-refractivity contribution is 7.07. The van der Waals surface area contributed by atoms with Crippen LogP contribution in [0.4, 0.5) is 0 Å². The zero-order valence-corrected chi connectivity index (χ0v) is 14.9. The lowest BCUT2D eigenvalue weighted by atomic mass is 10.1. The maximum atomic E-state index is 12.3. The summed E-state index contributed by atoms with van der Waals surface area (Å²) >= 11 is 7.25. The Morgan fingerprint density at radius 3 is 2.56 bits per heavy atom. The van der Waals surface area contributed by atoms with Gasteiger partial charge in [0, 0.05) is 11.6 Å². The van der Waals surface area contributed by atoms with E-state index in [-0.39, 0.29) is 11.3 Å². The van der Waals surface area contributed by atoms with E-state index in [9.17, 15) is 9.59 Å². The fourth-order valence-electron chi connectivity index (χ4n) is 2.23. The number of hydrogen-bond donors (Lipinski definition) is 1. The summed E-state index contributed by atoms with van der Waals surface area (Å²) in [5.41, 5.74) is 1.04. The van der Waals surface area contributed by atoms with E-state index in [4.69, 9.17) is 16.3 Å². The second-order valence-electron chi connectivity index (χ2n) is 5.19. The number of rotatable bonds is 4. The number of halogens is 1. The first-order valence-corrected chi connectivity index (χ1v) is 8.62. The van der Waals surface area contributed by atoms with Crippen molar-refractivity contribution in [2.24, 2.45) is 0 Å². The Kier molecular flexibility index (Phi) is 5.16. The van der Waals surface area contributed by atoms with Gasteiger partial charge in [-0.3, -0.25) is 9.59 Å². The zero-order valence-electron chi connectivity index (χ0n) is 13.3. The first-order valence-electron chi connectivity index (χ1n) is 7.42. The van der Waals surface area contributed by atoms with Gasteiger partial charge in [-0.05, 0) is 35.9 Å². The highest BCUT2D eigenvalue weighted by Crippen LogP contribution is 2.15. The minimum atomic E-state index is -0.251. The zero-order chi connectivity index (χ0) is 17.8. The second kappa shape index (κ2) is 7.51. The van der Waals surface area contributed by atoms with Gasteiger partial charge < -0.3 is 9.72 Å². The SMILES string of the molecule is COc1ccc(/C=c2\s/c(=C\C(=O)c3ccccc3Cl)[nH]c2=O)cc1. The van der Waals surface area contributed by atoms with Gasteiger partial charge in [0.2, 0.25) is 0 Å². The third-order valence-electron chi connectivity index (χ3n) is 3.50. The Morgan fingerprint density at radius 1 is 1.16 bits per heavy atom. The number of aromatic nitrogens is 1. The lowest BCUT2D eigenvalue weighted by Gasteiger charge is -1.98. The molecule has 0 radical (unpaired) electrons. The molecule has 0 saturated heterocycles. The van der Waals surface area contributed by atoms with Crippen LogP contribution in [0.5, 0.6) is 5.75 Å². The van der Waals surface area contributed by atoms with Crippen LogP contribution in [0.15, 0.2) is 53.3 Å². The van der Waals surface area contributed by atoms with Crippen LogP contribution in [0.25, 0.3) is 12.2 Å². The van der Waals surface area contributed by atoms with E-state index in [0.717, 1.165) is 11.3 Å². The number of thiazole rings is 1. The Bertz CT molecular complexity index is 1080. The molecule has 0 spiro atoms. The Labute approximate surface area is 152 Å². The number of nitrogens with one attached hydrogen (secondary N) is 1. The normalized spacial score (nSPS) is 12.4. The monoisotopic (exact) mass is 371 g/mol. The average molecular weight is 372 g/mol. The van der Waals surface area contributed by atoms with Gasteiger partial charge in [0.1, 0.15) is 5.75 Å². The fourth-order valence-corrected chi connectivity index (χ4v) is 3.35. The summed E-state index contributed by atoms with van der Waals surface area (Å²) in [6.45, 7) is 0. The number of carbonyl (C=O) groups excluding carboxylic acids is 1. The number of aromatic amines is 1. The molecular formula is C19H14ClNO3S. The van der Waals surface area contributed by atoms with E-state index >= 15 is 0 Å². The number of H-pyrrole nitrogens is 1. The summed E-state index contributed by atoms with van der Waals surface area (Å²) in [7, 11) is 1.60. The number of carbonyl (C=O) groups is 1. The van der Waals surface area contributed by atoms with Crippen molar-refractivity contribution < 1.29 is 9.53 Å². The van der Waals surface area contributed by atoms with E-state index in [1.54, 1.807) is 37.5 Å². The van der Waals surface area contributed by atoms with Crippen molar-refractivity contribution in [3.63, 3.8) is 0 Å². The van der Waals surface area contributed by atoms with E-state index < -0.39 is 0 Å². The highest BCUT2D eigenvalue weighted by Gasteiger charge is 2.07. The molecule has 0 amide bonds. The fraction of sp³-hybridized carbons (Fsp3) is 0.0526. The minimum absolute atomic E-state index is 0.237. The summed E-state index contributed by atoms with van der Waals surface area (Å²) in [6.07, 6.45) is 3.15. The van der Waals surface area contributed by atoms with Gasteiger partial charge in [0.05, 0.1) is 21.3 Å². The molecule has 6 heteroatoms. The molecule has 0 aliphatic carbocycles. The van der Waals surface area contributed by atoms with Crippen molar-refractivity contribution >= 4 is 40.9 Å². The van der Waals surface area contributed by atoms with Gasteiger partial charge in [-0.15, -0.1) is 11.3 Å². The lowest BCUT2D eigenvalue weighted by Crippen LogP contribution is -2.20. The number of ketones is 1. The van der Waals surface area contributed by atoms with Crippen LogP contribution in [0.2, 0.25) is 5.02 Å². The molecule has 1 N–H and O–H groups in total. The molecule has 1 aromatic heterocycles. The quantitative estimate of drug-likeness (QED) is 0.717. The van der Waals surface area contributed by atoms with E-state index in [1.165, 1.54) is 17.4 Å². The molecule has 0 aliphatic rings. The van der Waals surface area contributed by atoms with E-state index in [0.29, 0.717) is 19.8 Å². The van der Waals surface area contributed by atoms with Crippen LogP contribution in [-0.2, 0) is 0 Å². The number of methoxy groups -OCH3 is 1. The Balaban J connectivity index is 1.97. The molecule has 0 fully saturated rings. The largest absolute Gasteiger partial charge is 0.497 e. The number of Topliss-reactive ketones (excluding diaryl/α,β-unsaturated/α-hetero) is 1. The molecule has 4 nitrogen and oxygen atoms in total. The van der Waals surface area contributed by atoms with Crippen LogP contribution < -0.4 is 19.5 Å². The lowest BCUT2D eigenvalue weighted by molar-refractivity contribution is 0.106. The topological polar surface area (TPSA) is 59.2 Å². The summed E-state index contributed by atoms with van der Waals surface area (Å²) in [6, 6.07) is 14.2. The molecule has 2 aromatic carbocycles. The molecule has 0 atom stereocenters. The van der Waals surface area contributed by atoms with Crippen molar-refractivity contribution in [2.75, 3.05) is 7.11 Å². The number of ether oxygens (including phenoxy) is 1. The predicted molar refractivity (Wildman–Crippen MR) is 101 cm³/mol. The standard InChI is InChI=1S/C19H14ClNO3S/c1-24-13-8-6-12(7-9-13)10-17-19(23)21-18(25-17)11-16(22)14-4-2-3-5-15(14)20/h2-11H,1H3,(H,21,23)/b17-10-,18-11-. The molecule has 25 heavy (non-hydrogen) atoms. The van der Waals surface area contributed by atoms with Gasteiger partial charge in [-0.2, -0.15) is 0 Å². The molecular weight excluding hydrogens is 358 g/mol. The molecule has 3 rings (SSSR count). The first kappa shape index (κ1) is 17.2. The molecule has 0 bridgehead atoms. The van der Waals surface area contributed by atoms with Crippen LogP contribution in [0.1, 0.15) is 15.9 Å². The van der Waals surface area contributed by atoms with Crippen LogP contribution >= 0.6 is 22.9 Å². The van der Waals surface area contributed by atoms with Crippen molar-refractivity contribution in [1.82, 2.24) is 4.98 Å². The van der Waals surface area contributed by atoms with Crippen molar-refractivity contribution in [3.05, 3.63) is 84.2 Å². The Hall–Kier alpha value is -2.63. The Morgan fingerprint density at radius 2 is 1.88 bits per heavy atom. The van der Waals surface area contributed by atoms with Crippen molar-refractivity contribution in [2.45, 2.75) is 0 Å². The molecule has 3 aromatic rings. The van der Waals surface area contributed by atoms with Gasteiger partial charge in [0.25, 0.3) is 5.56 Å². The minimum Gasteiger partial charge on any atom is -0.497 e. The predicted octanol–water partition coefficient (Wildman–Crippen LogP) is 2.59. The van der Waals surface area contributed by atoms with Gasteiger partial charge in [-0.1, -0.05) is 35.9 Å². The summed E-state index contributed by atoms with van der Waals surface area (Å²) in [5.74, 6) is 0.496.